The van der Waals surface area contributed by atoms with Crippen molar-refractivity contribution in [1.29, 1.82) is 0 Å². The van der Waals surface area contributed by atoms with Crippen LogP contribution in [0, 0.1) is 0 Å². The molecule has 208 valence electrons. The van der Waals surface area contributed by atoms with E-state index < -0.39 is 24.2 Å². The SMILES string of the molecule is CCCCCCCCCCCCCCCC(=O)OC(CC(=O)[O-])C[N+](C)(C)C.O=C(O)C(F)(F)F. The van der Waals surface area contributed by atoms with Gasteiger partial charge in [-0.05, 0) is 6.42 Å². The first-order valence-electron chi connectivity index (χ1n) is 12.7. The highest BCUT2D eigenvalue weighted by Crippen LogP contribution is 2.14. The Labute approximate surface area is 208 Å². The summed E-state index contributed by atoms with van der Waals surface area (Å²) in [5.41, 5.74) is 0. The maximum atomic E-state index is 12.0. The second-order valence-electron chi connectivity index (χ2n) is 9.96. The Bertz CT molecular complexity index is 577. The van der Waals surface area contributed by atoms with E-state index in [-0.39, 0.29) is 12.4 Å². The monoisotopic (exact) mass is 513 g/mol. The average molecular weight is 514 g/mol. The molecule has 0 fully saturated rings. The van der Waals surface area contributed by atoms with Gasteiger partial charge < -0.3 is 24.2 Å². The van der Waals surface area contributed by atoms with Crippen LogP contribution < -0.4 is 5.11 Å². The number of carbonyl (C=O) groups is 3. The number of carboxylic acids is 2. The second-order valence-corrected chi connectivity index (χ2v) is 9.96. The molecule has 0 spiro atoms. The van der Waals surface area contributed by atoms with Crippen LogP contribution in [-0.4, -0.2) is 67.5 Å². The van der Waals surface area contributed by atoms with Crippen molar-refractivity contribution >= 4 is 17.9 Å². The number of carbonyl (C=O) groups excluding carboxylic acids is 2. The Morgan fingerprint density at radius 2 is 1.20 bits per heavy atom. The molecule has 0 aromatic carbocycles. The molecule has 10 heteroatoms. The Kier molecular flexibility index (Phi) is 20.5. The van der Waals surface area contributed by atoms with E-state index >= 15 is 0 Å². The molecule has 1 unspecified atom stereocenters. The lowest BCUT2D eigenvalue weighted by molar-refractivity contribution is -0.873. The van der Waals surface area contributed by atoms with Crippen molar-refractivity contribution in [1.82, 2.24) is 0 Å². The molecule has 0 bridgehead atoms. The molecule has 0 heterocycles. The number of hydrogen-bond acceptors (Lipinski definition) is 5. The van der Waals surface area contributed by atoms with E-state index in [1.165, 1.54) is 64.2 Å². The molecule has 1 N–H and O–H groups in total. The first kappa shape index (κ1) is 35.3. The van der Waals surface area contributed by atoms with Gasteiger partial charge in [-0.15, -0.1) is 0 Å². The fraction of sp³-hybridized carbons (Fsp3) is 0.880. The molecule has 0 aliphatic rings. The van der Waals surface area contributed by atoms with Gasteiger partial charge in [0.05, 0.1) is 21.1 Å². The van der Waals surface area contributed by atoms with Gasteiger partial charge >= 0.3 is 18.1 Å². The summed E-state index contributed by atoms with van der Waals surface area (Å²) < 4.78 is 37.7. The predicted octanol–water partition coefficient (Wildman–Crippen LogP) is 4.86. The van der Waals surface area contributed by atoms with Crippen LogP contribution in [-0.2, 0) is 19.1 Å². The minimum Gasteiger partial charge on any atom is -0.550 e. The van der Waals surface area contributed by atoms with Gasteiger partial charge in [0.1, 0.15) is 6.54 Å². The van der Waals surface area contributed by atoms with Crippen molar-refractivity contribution in [3.63, 3.8) is 0 Å². The van der Waals surface area contributed by atoms with Gasteiger partial charge in [-0.3, -0.25) is 4.79 Å². The Morgan fingerprint density at radius 3 is 1.51 bits per heavy atom. The van der Waals surface area contributed by atoms with E-state index in [2.05, 4.69) is 6.92 Å². The third-order valence-corrected chi connectivity index (χ3v) is 5.17. The number of esters is 1. The van der Waals surface area contributed by atoms with Gasteiger partial charge in [-0.25, -0.2) is 4.79 Å². The van der Waals surface area contributed by atoms with Crippen LogP contribution in [0.2, 0.25) is 0 Å². The fourth-order valence-corrected chi connectivity index (χ4v) is 3.47. The lowest BCUT2D eigenvalue weighted by Crippen LogP contribution is -2.45. The molecule has 35 heavy (non-hydrogen) atoms. The number of rotatable bonds is 19. The summed E-state index contributed by atoms with van der Waals surface area (Å²) in [6, 6.07) is 0. The Balaban J connectivity index is 0. The molecule has 0 amide bonds. The van der Waals surface area contributed by atoms with E-state index in [9.17, 15) is 27.9 Å². The van der Waals surface area contributed by atoms with Crippen LogP contribution in [0.25, 0.3) is 0 Å². The molecule has 0 saturated heterocycles. The van der Waals surface area contributed by atoms with Crippen molar-refractivity contribution in [3.8, 4) is 0 Å². The van der Waals surface area contributed by atoms with Gasteiger partial charge in [0.25, 0.3) is 0 Å². The third-order valence-electron chi connectivity index (χ3n) is 5.17. The zero-order valence-electron chi connectivity index (χ0n) is 22.0. The van der Waals surface area contributed by atoms with Crippen LogP contribution in [0.3, 0.4) is 0 Å². The van der Waals surface area contributed by atoms with Crippen LogP contribution in [0.5, 0.6) is 0 Å². The number of nitrogens with zero attached hydrogens (tertiary/aromatic N) is 1. The van der Waals surface area contributed by atoms with Crippen molar-refractivity contribution in [2.24, 2.45) is 0 Å². The second kappa shape index (κ2) is 20.4. The highest BCUT2D eigenvalue weighted by molar-refractivity contribution is 5.73. The molecule has 0 aromatic heterocycles. The number of likely N-dealkylation sites (N-methyl/N-ethyl adjacent to an activating group) is 1. The molecule has 1 atom stereocenters. The van der Waals surface area contributed by atoms with Gasteiger partial charge in [-0.1, -0.05) is 84.0 Å². The van der Waals surface area contributed by atoms with Gasteiger partial charge in [0.15, 0.2) is 6.10 Å². The predicted molar refractivity (Wildman–Crippen MR) is 126 cm³/mol. The molecule has 0 rings (SSSR count). The lowest BCUT2D eigenvalue weighted by Gasteiger charge is -2.29. The summed E-state index contributed by atoms with van der Waals surface area (Å²) >= 11 is 0. The quantitative estimate of drug-likeness (QED) is 0.150. The van der Waals surface area contributed by atoms with Crippen molar-refractivity contribution in [2.75, 3.05) is 27.7 Å². The fourth-order valence-electron chi connectivity index (χ4n) is 3.47. The minimum atomic E-state index is -5.08. The Hall–Kier alpha value is -1.84. The first-order valence-corrected chi connectivity index (χ1v) is 12.7. The number of aliphatic carboxylic acids is 2. The largest absolute Gasteiger partial charge is 0.550 e. The van der Waals surface area contributed by atoms with E-state index in [0.29, 0.717) is 17.4 Å². The van der Waals surface area contributed by atoms with E-state index in [0.717, 1.165) is 19.3 Å². The van der Waals surface area contributed by atoms with Crippen LogP contribution in [0.1, 0.15) is 103 Å². The molecule has 0 radical (unpaired) electrons. The standard InChI is InChI=1S/C23H45NO4.C2HF3O2/c1-5-6-7-8-9-10-11-12-13-14-15-16-17-18-23(27)28-21(19-22(25)26)20-24(2,3)4;3-2(4,5)1(6)7/h21H,5-20H2,1-4H3;(H,6,7). The average Bonchev–Trinajstić information content (AvgIpc) is 2.69. The number of ether oxygens (including phenoxy) is 1. The molecule has 7 nitrogen and oxygen atoms in total. The van der Waals surface area contributed by atoms with Crippen molar-refractivity contribution in [2.45, 2.75) is 116 Å². The van der Waals surface area contributed by atoms with E-state index in [1.54, 1.807) is 0 Å². The third kappa shape index (κ3) is 28.3. The van der Waals surface area contributed by atoms with Gasteiger partial charge in [0.2, 0.25) is 0 Å². The zero-order chi connectivity index (χ0) is 27.3. The number of hydrogen-bond donors (Lipinski definition) is 1. The number of alkyl halides is 3. The van der Waals surface area contributed by atoms with Crippen molar-refractivity contribution < 1.29 is 47.0 Å². The highest BCUT2D eigenvalue weighted by atomic mass is 19.4. The molecule has 0 aliphatic carbocycles. The van der Waals surface area contributed by atoms with Crippen LogP contribution in [0.15, 0.2) is 0 Å². The van der Waals surface area contributed by atoms with E-state index in [4.69, 9.17) is 14.6 Å². The number of carboxylic acid groups (broad SMARTS) is 2. The van der Waals surface area contributed by atoms with Crippen molar-refractivity contribution in [3.05, 3.63) is 0 Å². The van der Waals surface area contributed by atoms with Gasteiger partial charge in [-0.2, -0.15) is 13.2 Å². The van der Waals surface area contributed by atoms with Gasteiger partial charge in [0, 0.05) is 18.8 Å². The normalized spacial score (nSPS) is 12.4. The number of halogens is 3. The zero-order valence-corrected chi connectivity index (χ0v) is 22.0. The number of quaternary nitrogens is 1. The topological polar surface area (TPSA) is 104 Å². The minimum absolute atomic E-state index is 0.236. The highest BCUT2D eigenvalue weighted by Gasteiger charge is 2.38. The summed E-state index contributed by atoms with van der Waals surface area (Å²) in [5, 5.41) is 18.0. The molecule has 0 aliphatic heterocycles. The molecule has 0 aromatic rings. The summed E-state index contributed by atoms with van der Waals surface area (Å²) in [4.78, 5) is 31.7. The maximum absolute atomic E-state index is 12.0. The molecular weight excluding hydrogens is 467 g/mol. The summed E-state index contributed by atoms with van der Waals surface area (Å²) in [6.07, 6.45) is 10.9. The Morgan fingerprint density at radius 1 is 0.829 bits per heavy atom. The summed E-state index contributed by atoms with van der Waals surface area (Å²) in [6.45, 7) is 2.72. The lowest BCUT2D eigenvalue weighted by atomic mass is 10.0. The molecule has 0 saturated carbocycles. The maximum Gasteiger partial charge on any atom is 0.490 e. The molecular formula is C25H46F3NO6. The number of unbranched alkanes of at least 4 members (excludes halogenated alkanes) is 12. The van der Waals surface area contributed by atoms with E-state index in [1.807, 2.05) is 21.1 Å². The van der Waals surface area contributed by atoms with Crippen LogP contribution in [0.4, 0.5) is 13.2 Å². The summed E-state index contributed by atoms with van der Waals surface area (Å²) in [7, 11) is 5.84. The first-order chi connectivity index (χ1) is 16.2. The smallest absolute Gasteiger partial charge is 0.490 e. The van der Waals surface area contributed by atoms with Crippen LogP contribution >= 0.6 is 0 Å². The summed E-state index contributed by atoms with van der Waals surface area (Å²) in [5.74, 6) is -4.22.